The lowest BCUT2D eigenvalue weighted by molar-refractivity contribution is -0.119. The van der Waals surface area contributed by atoms with Crippen molar-refractivity contribution < 1.29 is 4.79 Å². The van der Waals surface area contributed by atoms with Gasteiger partial charge in [0.25, 0.3) is 0 Å². The molecule has 1 fully saturated rings. The Balaban J connectivity index is 1.80. The number of hydrogen-bond donors (Lipinski definition) is 1. The zero-order valence-electron chi connectivity index (χ0n) is 13.5. The summed E-state index contributed by atoms with van der Waals surface area (Å²) in [6.07, 6.45) is 2.19. The van der Waals surface area contributed by atoms with Crippen LogP contribution in [0, 0.1) is 6.92 Å². The first-order valence-corrected chi connectivity index (χ1v) is 8.16. The number of piperidine rings is 1. The number of hydrogen-bond acceptors (Lipinski definition) is 3. The maximum atomic E-state index is 11.1. The van der Waals surface area contributed by atoms with Gasteiger partial charge in [-0.05, 0) is 44.5 Å². The Kier molecular flexibility index (Phi) is 4.72. The van der Waals surface area contributed by atoms with Crippen molar-refractivity contribution in [1.29, 1.82) is 0 Å². The van der Waals surface area contributed by atoms with Gasteiger partial charge in [0.15, 0.2) is 0 Å². The van der Waals surface area contributed by atoms with Crippen LogP contribution < -0.4 is 5.73 Å². The van der Waals surface area contributed by atoms with Crippen LogP contribution in [0.3, 0.4) is 0 Å². The van der Waals surface area contributed by atoms with Gasteiger partial charge >= 0.3 is 0 Å². The van der Waals surface area contributed by atoms with Gasteiger partial charge < -0.3 is 5.73 Å². The van der Waals surface area contributed by atoms with Crippen LogP contribution in [0.5, 0.6) is 0 Å². The minimum Gasteiger partial charge on any atom is -0.369 e. The van der Waals surface area contributed by atoms with Gasteiger partial charge in [0, 0.05) is 23.7 Å². The number of rotatable bonds is 4. The molecule has 2 aromatic rings. The van der Waals surface area contributed by atoms with Gasteiger partial charge in [-0.2, -0.15) is 0 Å². The van der Waals surface area contributed by atoms with Crippen LogP contribution in [0.2, 0.25) is 0 Å². The zero-order valence-corrected chi connectivity index (χ0v) is 13.5. The first-order valence-electron chi connectivity index (χ1n) is 8.16. The van der Waals surface area contributed by atoms with Gasteiger partial charge in [-0.1, -0.05) is 29.8 Å². The van der Waals surface area contributed by atoms with Crippen molar-refractivity contribution in [2.75, 3.05) is 19.6 Å². The Morgan fingerprint density at radius 1 is 1.30 bits per heavy atom. The predicted molar refractivity (Wildman–Crippen MR) is 92.0 cm³/mol. The second-order valence-corrected chi connectivity index (χ2v) is 6.36. The third kappa shape index (κ3) is 3.96. The molecular weight excluding hydrogens is 286 g/mol. The van der Waals surface area contributed by atoms with E-state index < -0.39 is 0 Å². The van der Waals surface area contributed by atoms with Crippen molar-refractivity contribution in [3.05, 3.63) is 53.7 Å². The minimum absolute atomic E-state index is 0.257. The molecule has 120 valence electrons. The van der Waals surface area contributed by atoms with Gasteiger partial charge in [0.2, 0.25) is 5.91 Å². The second-order valence-electron chi connectivity index (χ2n) is 6.36. The summed E-state index contributed by atoms with van der Waals surface area (Å²) in [5.41, 5.74) is 9.83. The summed E-state index contributed by atoms with van der Waals surface area (Å²) in [6, 6.07) is 14.6. The number of pyridine rings is 1. The van der Waals surface area contributed by atoms with Crippen molar-refractivity contribution >= 4 is 5.91 Å². The smallest absolute Gasteiger partial charge is 0.231 e. The molecule has 4 heteroatoms. The number of benzene rings is 1. The maximum absolute atomic E-state index is 11.1. The fourth-order valence-electron chi connectivity index (χ4n) is 3.30. The number of carbonyl (C=O) groups is 1. The van der Waals surface area contributed by atoms with Crippen molar-refractivity contribution in [2.45, 2.75) is 25.7 Å². The number of aromatic nitrogens is 1. The molecule has 1 aromatic heterocycles. The number of nitrogens with zero attached hydrogens (tertiary/aromatic N) is 2. The number of amides is 1. The lowest BCUT2D eigenvalue weighted by Gasteiger charge is -2.31. The first-order chi connectivity index (χ1) is 11.1. The minimum atomic E-state index is -0.257. The summed E-state index contributed by atoms with van der Waals surface area (Å²) in [5.74, 6) is 0.111. The van der Waals surface area contributed by atoms with Crippen molar-refractivity contribution in [3.8, 4) is 11.3 Å². The largest absolute Gasteiger partial charge is 0.369 e. The normalized spacial score (nSPS) is 18.7. The summed E-state index contributed by atoms with van der Waals surface area (Å²) in [7, 11) is 0. The highest BCUT2D eigenvalue weighted by Crippen LogP contribution is 2.27. The van der Waals surface area contributed by atoms with E-state index in [0.29, 0.717) is 12.5 Å². The molecule has 1 amide bonds. The van der Waals surface area contributed by atoms with E-state index in [0.717, 1.165) is 42.9 Å². The molecular formula is C19H23N3O. The third-order valence-corrected chi connectivity index (χ3v) is 4.39. The Morgan fingerprint density at radius 2 is 2.13 bits per heavy atom. The molecule has 0 aliphatic carbocycles. The van der Waals surface area contributed by atoms with Crippen molar-refractivity contribution in [1.82, 2.24) is 9.88 Å². The van der Waals surface area contributed by atoms with Gasteiger partial charge in [0.05, 0.1) is 12.2 Å². The molecule has 0 spiro atoms. The molecule has 1 aliphatic rings. The Bertz CT molecular complexity index is 699. The molecule has 1 aliphatic heterocycles. The van der Waals surface area contributed by atoms with E-state index in [1.165, 1.54) is 5.56 Å². The average molecular weight is 309 g/mol. The molecule has 2 N–H and O–H groups in total. The van der Waals surface area contributed by atoms with E-state index in [1.54, 1.807) is 0 Å². The Morgan fingerprint density at radius 3 is 2.91 bits per heavy atom. The third-order valence-electron chi connectivity index (χ3n) is 4.39. The van der Waals surface area contributed by atoms with E-state index >= 15 is 0 Å². The van der Waals surface area contributed by atoms with Gasteiger partial charge in [-0.3, -0.25) is 14.7 Å². The maximum Gasteiger partial charge on any atom is 0.231 e. The topological polar surface area (TPSA) is 59.2 Å². The molecule has 0 bridgehead atoms. The summed E-state index contributed by atoms with van der Waals surface area (Å²) >= 11 is 0. The molecule has 4 nitrogen and oxygen atoms in total. The van der Waals surface area contributed by atoms with E-state index in [9.17, 15) is 4.79 Å². The van der Waals surface area contributed by atoms with E-state index in [4.69, 9.17) is 10.7 Å². The van der Waals surface area contributed by atoms with E-state index in [1.807, 2.05) is 0 Å². The van der Waals surface area contributed by atoms with Crippen LogP contribution in [0.15, 0.2) is 42.5 Å². The van der Waals surface area contributed by atoms with Crippen LogP contribution in [-0.2, 0) is 4.79 Å². The SMILES string of the molecule is Cc1cccc(-c2cccc([C@@H]3CCCN(CC(N)=O)C3)n2)c1. The summed E-state index contributed by atoms with van der Waals surface area (Å²) in [5, 5.41) is 0. The number of primary amides is 1. The number of aryl methyl sites for hydroxylation is 1. The number of carbonyl (C=O) groups excluding carboxylic acids is 1. The quantitative estimate of drug-likeness (QED) is 0.944. The van der Waals surface area contributed by atoms with Crippen LogP contribution in [-0.4, -0.2) is 35.4 Å². The van der Waals surface area contributed by atoms with Crippen LogP contribution in [0.25, 0.3) is 11.3 Å². The molecule has 0 unspecified atom stereocenters. The monoisotopic (exact) mass is 309 g/mol. The molecule has 1 saturated heterocycles. The van der Waals surface area contributed by atoms with Gasteiger partial charge in [-0.15, -0.1) is 0 Å². The summed E-state index contributed by atoms with van der Waals surface area (Å²) in [6.45, 7) is 4.23. The van der Waals surface area contributed by atoms with Gasteiger partial charge in [0.1, 0.15) is 0 Å². The van der Waals surface area contributed by atoms with Crippen LogP contribution in [0.1, 0.15) is 30.0 Å². The van der Waals surface area contributed by atoms with Gasteiger partial charge in [-0.25, -0.2) is 0 Å². The van der Waals surface area contributed by atoms with E-state index in [-0.39, 0.29) is 5.91 Å². The first kappa shape index (κ1) is 15.7. The number of likely N-dealkylation sites (tertiary alicyclic amines) is 1. The molecule has 2 heterocycles. The lowest BCUT2D eigenvalue weighted by Crippen LogP contribution is -2.40. The Hall–Kier alpha value is -2.20. The Labute approximate surface area is 137 Å². The van der Waals surface area contributed by atoms with Crippen molar-refractivity contribution in [2.24, 2.45) is 5.73 Å². The second kappa shape index (κ2) is 6.92. The molecule has 23 heavy (non-hydrogen) atoms. The summed E-state index contributed by atoms with van der Waals surface area (Å²) in [4.78, 5) is 18.2. The molecule has 0 saturated carbocycles. The molecule has 1 aromatic carbocycles. The van der Waals surface area contributed by atoms with Crippen LogP contribution >= 0.6 is 0 Å². The van der Waals surface area contributed by atoms with Crippen molar-refractivity contribution in [3.63, 3.8) is 0 Å². The van der Waals surface area contributed by atoms with E-state index in [2.05, 4.69) is 54.3 Å². The highest BCUT2D eigenvalue weighted by Gasteiger charge is 2.23. The zero-order chi connectivity index (χ0) is 16.2. The van der Waals surface area contributed by atoms with Crippen LogP contribution in [0.4, 0.5) is 0 Å². The fourth-order valence-corrected chi connectivity index (χ4v) is 3.30. The summed E-state index contributed by atoms with van der Waals surface area (Å²) < 4.78 is 0. The standard InChI is InChI=1S/C19H23N3O/c1-14-5-2-6-15(11-14)17-8-3-9-18(21-17)16-7-4-10-22(12-16)13-19(20)23/h2-3,5-6,8-9,11,16H,4,7,10,12-13H2,1H3,(H2,20,23)/t16-/m1/s1. The predicted octanol–water partition coefficient (Wildman–Crippen LogP) is 2.72. The molecule has 0 radical (unpaired) electrons. The number of nitrogens with two attached hydrogens (primary N) is 1. The average Bonchev–Trinajstić information content (AvgIpc) is 2.55. The highest BCUT2D eigenvalue weighted by atomic mass is 16.1. The molecule has 1 atom stereocenters. The lowest BCUT2D eigenvalue weighted by atomic mass is 9.93. The molecule has 3 rings (SSSR count). The fraction of sp³-hybridized carbons (Fsp3) is 0.368. The highest BCUT2D eigenvalue weighted by molar-refractivity contribution is 5.75.